The number of ether oxygens (including phenoxy) is 1. The predicted octanol–water partition coefficient (Wildman–Crippen LogP) is 2.09. The lowest BCUT2D eigenvalue weighted by atomic mass is 10.1. The number of imidazole rings is 1. The Bertz CT molecular complexity index is 565. The Labute approximate surface area is 118 Å². The van der Waals surface area contributed by atoms with E-state index in [9.17, 15) is 4.79 Å². The summed E-state index contributed by atoms with van der Waals surface area (Å²) in [6, 6.07) is 5.55. The van der Waals surface area contributed by atoms with Crippen LogP contribution in [0.4, 0.5) is 0 Å². The van der Waals surface area contributed by atoms with Crippen molar-refractivity contribution in [1.29, 1.82) is 0 Å². The molecule has 2 aromatic rings. The number of nitrogens with one attached hydrogen (secondary N) is 2. The number of hydrogen-bond donors (Lipinski definition) is 2. The van der Waals surface area contributed by atoms with Crippen LogP contribution >= 0.6 is 0 Å². The third-order valence-corrected chi connectivity index (χ3v) is 3.03. The maximum atomic E-state index is 12.1. The van der Waals surface area contributed by atoms with Crippen molar-refractivity contribution in [2.24, 2.45) is 0 Å². The molecule has 0 atom stereocenters. The number of H-pyrrole nitrogens is 1. The summed E-state index contributed by atoms with van der Waals surface area (Å²) < 4.78 is 5.24. The lowest BCUT2D eigenvalue weighted by molar-refractivity contribution is 0.0950. The van der Waals surface area contributed by atoms with E-state index < -0.39 is 0 Å². The highest BCUT2D eigenvalue weighted by Gasteiger charge is 2.11. The third-order valence-electron chi connectivity index (χ3n) is 3.03. The van der Waals surface area contributed by atoms with Gasteiger partial charge in [0, 0.05) is 25.4 Å². The van der Waals surface area contributed by atoms with Crippen molar-refractivity contribution in [2.75, 3.05) is 13.7 Å². The van der Waals surface area contributed by atoms with Crippen molar-refractivity contribution >= 4 is 5.91 Å². The third kappa shape index (κ3) is 3.60. The van der Waals surface area contributed by atoms with Crippen LogP contribution in [0.25, 0.3) is 0 Å². The van der Waals surface area contributed by atoms with Crippen LogP contribution in [0.15, 0.2) is 30.6 Å². The Morgan fingerprint density at radius 2 is 2.30 bits per heavy atom. The van der Waals surface area contributed by atoms with E-state index in [4.69, 9.17) is 4.74 Å². The first-order chi connectivity index (χ1) is 9.70. The van der Waals surface area contributed by atoms with Gasteiger partial charge in [0.2, 0.25) is 0 Å². The summed E-state index contributed by atoms with van der Waals surface area (Å²) in [5.41, 5.74) is 1.63. The molecular weight excluding hydrogens is 254 g/mol. The fourth-order valence-corrected chi connectivity index (χ4v) is 1.97. The SMILES string of the molecule is COc1cc(C)ccc1C(=O)NCCCc1ncc[nH]1. The van der Waals surface area contributed by atoms with Crippen LogP contribution in [0.2, 0.25) is 0 Å². The second-order valence-corrected chi connectivity index (χ2v) is 4.60. The summed E-state index contributed by atoms with van der Waals surface area (Å²) in [6.45, 7) is 2.57. The van der Waals surface area contributed by atoms with Gasteiger partial charge in [-0.15, -0.1) is 0 Å². The second kappa shape index (κ2) is 6.75. The lowest BCUT2D eigenvalue weighted by Crippen LogP contribution is -2.25. The maximum Gasteiger partial charge on any atom is 0.255 e. The molecule has 0 fully saturated rings. The van der Waals surface area contributed by atoms with Crippen molar-refractivity contribution in [3.63, 3.8) is 0 Å². The number of aryl methyl sites for hydroxylation is 2. The minimum absolute atomic E-state index is 0.110. The van der Waals surface area contributed by atoms with Gasteiger partial charge in [0.05, 0.1) is 12.7 Å². The van der Waals surface area contributed by atoms with E-state index in [2.05, 4.69) is 15.3 Å². The van der Waals surface area contributed by atoms with Crippen LogP contribution in [0.1, 0.15) is 28.2 Å². The maximum absolute atomic E-state index is 12.1. The van der Waals surface area contributed by atoms with E-state index >= 15 is 0 Å². The first-order valence-electron chi connectivity index (χ1n) is 6.62. The summed E-state index contributed by atoms with van der Waals surface area (Å²) in [6.07, 6.45) is 5.18. The first kappa shape index (κ1) is 14.1. The molecule has 20 heavy (non-hydrogen) atoms. The number of benzene rings is 1. The average Bonchev–Trinajstić information content (AvgIpc) is 2.96. The Hall–Kier alpha value is -2.30. The number of aromatic amines is 1. The largest absolute Gasteiger partial charge is 0.496 e. The van der Waals surface area contributed by atoms with Crippen molar-refractivity contribution < 1.29 is 9.53 Å². The summed E-state index contributed by atoms with van der Waals surface area (Å²) in [4.78, 5) is 19.3. The molecule has 0 aliphatic carbocycles. The van der Waals surface area contributed by atoms with Gasteiger partial charge in [-0.25, -0.2) is 4.98 Å². The number of rotatable bonds is 6. The highest BCUT2D eigenvalue weighted by Crippen LogP contribution is 2.19. The van der Waals surface area contributed by atoms with Gasteiger partial charge in [-0.2, -0.15) is 0 Å². The van der Waals surface area contributed by atoms with E-state index in [1.54, 1.807) is 25.6 Å². The fraction of sp³-hybridized carbons (Fsp3) is 0.333. The van der Waals surface area contributed by atoms with Gasteiger partial charge in [0.15, 0.2) is 0 Å². The van der Waals surface area contributed by atoms with Crippen LogP contribution in [-0.4, -0.2) is 29.5 Å². The minimum Gasteiger partial charge on any atom is -0.496 e. The topological polar surface area (TPSA) is 67.0 Å². The van der Waals surface area contributed by atoms with Gasteiger partial charge >= 0.3 is 0 Å². The summed E-state index contributed by atoms with van der Waals surface area (Å²) in [5.74, 6) is 1.43. The van der Waals surface area contributed by atoms with Crippen LogP contribution in [-0.2, 0) is 6.42 Å². The number of carbonyl (C=O) groups is 1. The molecule has 0 radical (unpaired) electrons. The summed E-state index contributed by atoms with van der Waals surface area (Å²) >= 11 is 0. The van der Waals surface area contributed by atoms with Gasteiger partial charge in [-0.1, -0.05) is 6.07 Å². The molecule has 1 aromatic heterocycles. The van der Waals surface area contributed by atoms with Crippen molar-refractivity contribution in [3.8, 4) is 5.75 Å². The van der Waals surface area contributed by atoms with Crippen LogP contribution < -0.4 is 10.1 Å². The molecule has 1 amide bonds. The molecule has 106 valence electrons. The van der Waals surface area contributed by atoms with Crippen LogP contribution in [0.5, 0.6) is 5.75 Å². The smallest absolute Gasteiger partial charge is 0.255 e. The number of hydrogen-bond acceptors (Lipinski definition) is 3. The Morgan fingerprint density at radius 1 is 1.45 bits per heavy atom. The van der Waals surface area contributed by atoms with E-state index in [1.807, 2.05) is 19.1 Å². The number of aromatic nitrogens is 2. The monoisotopic (exact) mass is 273 g/mol. The number of nitrogens with zero attached hydrogens (tertiary/aromatic N) is 1. The van der Waals surface area contributed by atoms with Gasteiger partial charge < -0.3 is 15.0 Å². The highest BCUT2D eigenvalue weighted by molar-refractivity contribution is 5.97. The van der Waals surface area contributed by atoms with Crippen molar-refractivity contribution in [2.45, 2.75) is 19.8 Å². The van der Waals surface area contributed by atoms with Gasteiger partial charge in [-0.3, -0.25) is 4.79 Å². The number of amides is 1. The molecule has 5 heteroatoms. The number of carbonyl (C=O) groups excluding carboxylic acids is 1. The normalized spacial score (nSPS) is 10.3. The molecule has 0 bridgehead atoms. The van der Waals surface area contributed by atoms with Crippen LogP contribution in [0, 0.1) is 6.92 Å². The number of methoxy groups -OCH3 is 1. The molecule has 1 heterocycles. The van der Waals surface area contributed by atoms with Gasteiger partial charge in [0.1, 0.15) is 11.6 Å². The van der Waals surface area contributed by atoms with E-state index in [0.717, 1.165) is 24.2 Å². The Balaban J connectivity index is 1.85. The quantitative estimate of drug-likeness (QED) is 0.792. The zero-order valence-corrected chi connectivity index (χ0v) is 11.8. The van der Waals surface area contributed by atoms with Crippen molar-refractivity contribution in [3.05, 3.63) is 47.5 Å². The zero-order valence-electron chi connectivity index (χ0n) is 11.8. The molecule has 0 saturated heterocycles. The van der Waals surface area contributed by atoms with Gasteiger partial charge in [0.25, 0.3) is 5.91 Å². The lowest BCUT2D eigenvalue weighted by Gasteiger charge is -2.09. The molecule has 0 saturated carbocycles. The standard InChI is InChI=1S/C15H19N3O2/c1-11-5-6-12(13(10-11)20-2)15(19)18-7-3-4-14-16-8-9-17-14/h5-6,8-10H,3-4,7H2,1-2H3,(H,16,17)(H,18,19). The molecule has 1 aromatic carbocycles. The highest BCUT2D eigenvalue weighted by atomic mass is 16.5. The zero-order chi connectivity index (χ0) is 14.4. The molecule has 5 nitrogen and oxygen atoms in total. The molecule has 2 rings (SSSR count). The summed E-state index contributed by atoms with van der Waals surface area (Å²) in [7, 11) is 1.57. The second-order valence-electron chi connectivity index (χ2n) is 4.60. The Morgan fingerprint density at radius 3 is 3.00 bits per heavy atom. The molecular formula is C15H19N3O2. The van der Waals surface area contributed by atoms with Gasteiger partial charge in [-0.05, 0) is 31.0 Å². The first-order valence-corrected chi connectivity index (χ1v) is 6.62. The van der Waals surface area contributed by atoms with E-state index in [1.165, 1.54) is 0 Å². The molecule has 0 unspecified atom stereocenters. The van der Waals surface area contributed by atoms with E-state index in [0.29, 0.717) is 17.9 Å². The molecule has 2 N–H and O–H groups in total. The molecule has 0 aliphatic heterocycles. The Kier molecular flexibility index (Phi) is 4.76. The summed E-state index contributed by atoms with van der Waals surface area (Å²) in [5, 5.41) is 2.89. The average molecular weight is 273 g/mol. The van der Waals surface area contributed by atoms with Crippen LogP contribution in [0.3, 0.4) is 0 Å². The fourth-order valence-electron chi connectivity index (χ4n) is 1.97. The van der Waals surface area contributed by atoms with E-state index in [-0.39, 0.29) is 5.91 Å². The molecule has 0 spiro atoms. The molecule has 0 aliphatic rings. The predicted molar refractivity (Wildman–Crippen MR) is 77.0 cm³/mol. The minimum atomic E-state index is -0.110. The van der Waals surface area contributed by atoms with Crippen molar-refractivity contribution in [1.82, 2.24) is 15.3 Å².